The van der Waals surface area contributed by atoms with Crippen LogP contribution in [-0.2, 0) is 19.1 Å². The average molecular weight is 335 g/mol. The molecule has 1 atom stereocenters. The fraction of sp³-hybridized carbons (Fsp3) is 0.188. The topological polar surface area (TPSA) is 78.9 Å². The lowest BCUT2D eigenvalue weighted by atomic mass is 9.96. The number of rotatable bonds is 3. The smallest absolute Gasteiger partial charge is 0.329 e. The minimum Gasteiger partial charge on any atom is -0.454 e. The van der Waals surface area contributed by atoms with Crippen molar-refractivity contribution in [3.8, 4) is 11.5 Å². The summed E-state index contributed by atoms with van der Waals surface area (Å²) < 4.78 is 15.2. The van der Waals surface area contributed by atoms with Gasteiger partial charge in [0, 0.05) is 6.08 Å². The zero-order valence-electron chi connectivity index (χ0n) is 12.0. The second kappa shape index (κ2) is 5.89. The number of carbonyl (C=O) groups excluding carboxylic acids is 3. The molecular formula is C16H11ClO6. The van der Waals surface area contributed by atoms with Crippen molar-refractivity contribution in [3.63, 3.8) is 0 Å². The standard InChI is InChI=1S/C16H11ClO6/c1-8-4-12(19)14(16(20)23-8)11(18)3-2-9-5-10(17)15-13(6-9)21-7-22-15/h2-6,14H,7H2,1H3. The van der Waals surface area contributed by atoms with Crippen LogP contribution < -0.4 is 9.47 Å². The van der Waals surface area contributed by atoms with Gasteiger partial charge in [-0.15, -0.1) is 0 Å². The summed E-state index contributed by atoms with van der Waals surface area (Å²) in [6.45, 7) is 1.55. The maximum atomic E-state index is 12.1. The lowest BCUT2D eigenvalue weighted by Gasteiger charge is -2.15. The van der Waals surface area contributed by atoms with Gasteiger partial charge in [-0.05, 0) is 30.7 Å². The zero-order valence-corrected chi connectivity index (χ0v) is 12.8. The van der Waals surface area contributed by atoms with E-state index in [2.05, 4.69) is 0 Å². The number of benzene rings is 1. The van der Waals surface area contributed by atoms with Crippen LogP contribution in [0.25, 0.3) is 6.08 Å². The van der Waals surface area contributed by atoms with Crippen LogP contribution >= 0.6 is 11.6 Å². The van der Waals surface area contributed by atoms with Gasteiger partial charge in [0.25, 0.3) is 0 Å². The first-order valence-corrected chi connectivity index (χ1v) is 7.08. The van der Waals surface area contributed by atoms with E-state index in [-0.39, 0.29) is 12.6 Å². The summed E-state index contributed by atoms with van der Waals surface area (Å²) in [4.78, 5) is 35.6. The third kappa shape index (κ3) is 2.98. The van der Waals surface area contributed by atoms with Crippen LogP contribution in [-0.4, -0.2) is 24.3 Å². The Morgan fingerprint density at radius 3 is 2.83 bits per heavy atom. The minimum atomic E-state index is -1.46. The molecule has 0 saturated heterocycles. The fourth-order valence-electron chi connectivity index (χ4n) is 2.26. The minimum absolute atomic E-state index is 0.0786. The molecule has 0 aliphatic carbocycles. The Morgan fingerprint density at radius 1 is 1.30 bits per heavy atom. The normalized spacial score (nSPS) is 19.7. The van der Waals surface area contributed by atoms with Crippen molar-refractivity contribution in [1.82, 2.24) is 0 Å². The molecule has 0 saturated carbocycles. The van der Waals surface area contributed by atoms with E-state index in [0.717, 1.165) is 12.2 Å². The Bertz CT molecular complexity index is 777. The van der Waals surface area contributed by atoms with Gasteiger partial charge in [-0.2, -0.15) is 0 Å². The quantitative estimate of drug-likeness (QED) is 0.479. The molecule has 2 heterocycles. The molecule has 7 heteroatoms. The summed E-state index contributed by atoms with van der Waals surface area (Å²) in [6.07, 6.45) is 3.73. The molecule has 6 nitrogen and oxygen atoms in total. The Hall–Kier alpha value is -2.60. The maximum Gasteiger partial charge on any atom is 0.329 e. The van der Waals surface area contributed by atoms with Crippen molar-refractivity contribution >= 4 is 35.2 Å². The Labute approximate surface area is 136 Å². The average Bonchev–Trinajstić information content (AvgIpc) is 2.93. The fourth-order valence-corrected chi connectivity index (χ4v) is 2.54. The predicted molar refractivity (Wildman–Crippen MR) is 80.0 cm³/mol. The SMILES string of the molecule is CC1=CC(=O)C(C(=O)C=Cc2cc(Cl)c3c(c2)OCO3)C(=O)O1. The highest BCUT2D eigenvalue weighted by Crippen LogP contribution is 2.40. The number of fused-ring (bicyclic) bond motifs is 1. The molecule has 1 aromatic rings. The van der Waals surface area contributed by atoms with Crippen molar-refractivity contribution in [3.05, 3.63) is 40.6 Å². The van der Waals surface area contributed by atoms with Crippen LogP contribution in [0.5, 0.6) is 11.5 Å². The molecule has 0 radical (unpaired) electrons. The van der Waals surface area contributed by atoms with Gasteiger partial charge < -0.3 is 14.2 Å². The van der Waals surface area contributed by atoms with Crippen LogP contribution in [0.1, 0.15) is 12.5 Å². The van der Waals surface area contributed by atoms with E-state index in [1.54, 1.807) is 12.1 Å². The van der Waals surface area contributed by atoms with Gasteiger partial charge >= 0.3 is 5.97 Å². The Balaban J connectivity index is 1.81. The van der Waals surface area contributed by atoms with Crippen LogP contribution in [0.2, 0.25) is 5.02 Å². The van der Waals surface area contributed by atoms with E-state index in [9.17, 15) is 14.4 Å². The Morgan fingerprint density at radius 2 is 2.09 bits per heavy atom. The third-order valence-corrected chi connectivity index (χ3v) is 3.58. The van der Waals surface area contributed by atoms with Gasteiger partial charge in [-0.25, -0.2) is 0 Å². The van der Waals surface area contributed by atoms with Crippen LogP contribution in [0, 0.1) is 5.92 Å². The lowest BCUT2D eigenvalue weighted by molar-refractivity contribution is -0.151. The zero-order chi connectivity index (χ0) is 16.6. The highest BCUT2D eigenvalue weighted by atomic mass is 35.5. The third-order valence-electron chi connectivity index (χ3n) is 3.30. The van der Waals surface area contributed by atoms with Crippen molar-refractivity contribution < 1.29 is 28.6 Å². The molecule has 3 rings (SSSR count). The largest absolute Gasteiger partial charge is 0.454 e. The summed E-state index contributed by atoms with van der Waals surface area (Å²) in [5.41, 5.74) is 0.580. The Kier molecular flexibility index (Phi) is 3.92. The monoisotopic (exact) mass is 334 g/mol. The van der Waals surface area contributed by atoms with E-state index in [0.29, 0.717) is 22.1 Å². The first kappa shape index (κ1) is 15.3. The molecule has 118 valence electrons. The van der Waals surface area contributed by atoms with Gasteiger partial charge in [0.1, 0.15) is 5.76 Å². The number of halogens is 1. The van der Waals surface area contributed by atoms with E-state index in [4.69, 9.17) is 25.8 Å². The van der Waals surface area contributed by atoms with E-state index in [1.165, 1.54) is 13.0 Å². The summed E-state index contributed by atoms with van der Waals surface area (Å²) in [5.74, 6) is -2.48. The van der Waals surface area contributed by atoms with Gasteiger partial charge in [-0.3, -0.25) is 14.4 Å². The molecule has 2 aliphatic rings. The summed E-state index contributed by atoms with van der Waals surface area (Å²) in [5, 5.41) is 0.346. The van der Waals surface area contributed by atoms with Crippen molar-refractivity contribution in [2.45, 2.75) is 6.92 Å². The summed E-state index contributed by atoms with van der Waals surface area (Å²) >= 11 is 6.04. The molecule has 1 unspecified atom stereocenters. The number of cyclic esters (lactones) is 1. The molecule has 0 fully saturated rings. The molecule has 0 spiro atoms. The van der Waals surface area contributed by atoms with E-state index < -0.39 is 23.5 Å². The number of ether oxygens (including phenoxy) is 3. The van der Waals surface area contributed by atoms with Crippen LogP contribution in [0.15, 0.2) is 30.0 Å². The number of hydrogen-bond donors (Lipinski definition) is 0. The highest BCUT2D eigenvalue weighted by Gasteiger charge is 2.36. The maximum absolute atomic E-state index is 12.1. The van der Waals surface area contributed by atoms with Crippen molar-refractivity contribution in [2.75, 3.05) is 6.79 Å². The van der Waals surface area contributed by atoms with E-state index in [1.807, 2.05) is 0 Å². The number of ketones is 2. The lowest BCUT2D eigenvalue weighted by Crippen LogP contribution is -2.34. The van der Waals surface area contributed by atoms with Crippen molar-refractivity contribution in [1.29, 1.82) is 0 Å². The molecular weight excluding hydrogens is 324 g/mol. The second-order valence-electron chi connectivity index (χ2n) is 4.98. The number of carbonyl (C=O) groups is 3. The first-order chi connectivity index (χ1) is 11.0. The summed E-state index contributed by atoms with van der Waals surface area (Å²) in [6, 6.07) is 3.23. The van der Waals surface area contributed by atoms with Crippen molar-refractivity contribution in [2.24, 2.45) is 5.92 Å². The molecule has 0 N–H and O–H groups in total. The highest BCUT2D eigenvalue weighted by molar-refractivity contribution is 6.32. The summed E-state index contributed by atoms with van der Waals surface area (Å²) in [7, 11) is 0. The van der Waals surface area contributed by atoms with Crippen LogP contribution in [0.3, 0.4) is 0 Å². The number of esters is 1. The van der Waals surface area contributed by atoms with Gasteiger partial charge in [0.05, 0.1) is 5.02 Å². The van der Waals surface area contributed by atoms with Crippen LogP contribution in [0.4, 0.5) is 0 Å². The first-order valence-electron chi connectivity index (χ1n) is 6.70. The second-order valence-corrected chi connectivity index (χ2v) is 5.39. The van der Waals surface area contributed by atoms with Gasteiger partial charge in [0.15, 0.2) is 29.0 Å². The molecule has 23 heavy (non-hydrogen) atoms. The van der Waals surface area contributed by atoms with E-state index >= 15 is 0 Å². The van der Waals surface area contributed by atoms with Gasteiger partial charge in [0.2, 0.25) is 6.79 Å². The number of allylic oxidation sites excluding steroid dienone is 3. The molecule has 0 bridgehead atoms. The molecule has 2 aliphatic heterocycles. The van der Waals surface area contributed by atoms with Gasteiger partial charge in [-0.1, -0.05) is 17.7 Å². The molecule has 0 aromatic heterocycles. The molecule has 1 aromatic carbocycles. The molecule has 0 amide bonds. The number of hydrogen-bond acceptors (Lipinski definition) is 6. The predicted octanol–water partition coefficient (Wildman–Crippen LogP) is 2.30.